The van der Waals surface area contributed by atoms with Gasteiger partial charge in [-0.1, -0.05) is 82.4 Å². The highest BCUT2D eigenvalue weighted by molar-refractivity contribution is 5.90. The SMILES string of the molecule is CC1C=C2C(=CC1)C(C)(C)c1ccc(C3C=CC=CC3C)cc12. The fraction of sp³-hybridized carbons (Fsp3) is 0.391. The highest BCUT2D eigenvalue weighted by atomic mass is 14.4. The Labute approximate surface area is 140 Å². The van der Waals surface area contributed by atoms with Crippen molar-refractivity contribution in [3.05, 3.63) is 76.9 Å². The molecule has 0 fully saturated rings. The molecule has 0 saturated heterocycles. The van der Waals surface area contributed by atoms with E-state index in [0.29, 0.717) is 17.8 Å². The van der Waals surface area contributed by atoms with Crippen LogP contribution in [0.5, 0.6) is 0 Å². The van der Waals surface area contributed by atoms with Crippen molar-refractivity contribution in [3.63, 3.8) is 0 Å². The summed E-state index contributed by atoms with van der Waals surface area (Å²) in [6.45, 7) is 9.39. The summed E-state index contributed by atoms with van der Waals surface area (Å²) in [6.07, 6.45) is 15.2. The van der Waals surface area contributed by atoms with Crippen molar-refractivity contribution in [2.24, 2.45) is 11.8 Å². The third kappa shape index (κ3) is 2.19. The first-order valence-electron chi connectivity index (χ1n) is 8.91. The maximum absolute atomic E-state index is 2.49. The van der Waals surface area contributed by atoms with E-state index < -0.39 is 0 Å². The first-order chi connectivity index (χ1) is 11.0. The highest BCUT2D eigenvalue weighted by Gasteiger charge is 2.39. The van der Waals surface area contributed by atoms with Crippen LogP contribution >= 0.6 is 0 Å². The minimum absolute atomic E-state index is 0.147. The Hall–Kier alpha value is -1.82. The van der Waals surface area contributed by atoms with Gasteiger partial charge in [0.25, 0.3) is 0 Å². The Kier molecular flexibility index (Phi) is 3.27. The average molecular weight is 302 g/mol. The van der Waals surface area contributed by atoms with E-state index in [1.54, 1.807) is 0 Å². The third-order valence-electron chi connectivity index (χ3n) is 5.91. The first kappa shape index (κ1) is 14.8. The molecule has 23 heavy (non-hydrogen) atoms. The molecule has 0 amide bonds. The Morgan fingerprint density at radius 1 is 1.04 bits per heavy atom. The molecule has 3 unspecified atom stereocenters. The van der Waals surface area contributed by atoms with Crippen LogP contribution in [-0.4, -0.2) is 0 Å². The van der Waals surface area contributed by atoms with Gasteiger partial charge in [-0.3, -0.25) is 0 Å². The van der Waals surface area contributed by atoms with Crippen molar-refractivity contribution in [3.8, 4) is 0 Å². The van der Waals surface area contributed by atoms with E-state index in [4.69, 9.17) is 0 Å². The van der Waals surface area contributed by atoms with Gasteiger partial charge in [-0.2, -0.15) is 0 Å². The van der Waals surface area contributed by atoms with Crippen LogP contribution in [0.1, 0.15) is 56.7 Å². The fourth-order valence-electron chi connectivity index (χ4n) is 4.50. The van der Waals surface area contributed by atoms with Gasteiger partial charge >= 0.3 is 0 Å². The molecular weight excluding hydrogens is 276 g/mol. The van der Waals surface area contributed by atoms with E-state index in [0.717, 1.165) is 0 Å². The van der Waals surface area contributed by atoms with Crippen molar-refractivity contribution < 1.29 is 0 Å². The second-order valence-corrected chi connectivity index (χ2v) is 8.00. The molecule has 0 saturated carbocycles. The Balaban J connectivity index is 1.84. The number of rotatable bonds is 1. The zero-order valence-corrected chi connectivity index (χ0v) is 14.6. The molecule has 0 spiro atoms. The van der Waals surface area contributed by atoms with Gasteiger partial charge in [-0.25, -0.2) is 0 Å². The lowest BCUT2D eigenvalue weighted by Crippen LogP contribution is -2.16. The van der Waals surface area contributed by atoms with E-state index in [9.17, 15) is 0 Å². The van der Waals surface area contributed by atoms with E-state index in [-0.39, 0.29) is 5.41 Å². The monoisotopic (exact) mass is 302 g/mol. The summed E-state index contributed by atoms with van der Waals surface area (Å²) in [7, 11) is 0. The number of hydrogen-bond acceptors (Lipinski definition) is 0. The average Bonchev–Trinajstić information content (AvgIpc) is 2.75. The molecule has 1 aromatic rings. The van der Waals surface area contributed by atoms with E-state index in [1.165, 1.54) is 34.3 Å². The second-order valence-electron chi connectivity index (χ2n) is 8.00. The van der Waals surface area contributed by atoms with E-state index >= 15 is 0 Å². The summed E-state index contributed by atoms with van der Waals surface area (Å²) in [4.78, 5) is 0. The van der Waals surface area contributed by atoms with Gasteiger partial charge < -0.3 is 0 Å². The Bertz CT molecular complexity index is 767. The zero-order chi connectivity index (χ0) is 16.2. The molecule has 0 nitrogen and oxygen atoms in total. The minimum atomic E-state index is 0.147. The summed E-state index contributed by atoms with van der Waals surface area (Å²) in [6, 6.07) is 7.20. The summed E-state index contributed by atoms with van der Waals surface area (Å²) in [5.41, 5.74) is 7.60. The molecule has 1 aromatic carbocycles. The highest BCUT2D eigenvalue weighted by Crippen LogP contribution is 2.52. The van der Waals surface area contributed by atoms with Crippen LogP contribution in [0.2, 0.25) is 0 Å². The van der Waals surface area contributed by atoms with Gasteiger partial charge in [0.1, 0.15) is 0 Å². The van der Waals surface area contributed by atoms with Gasteiger partial charge in [-0.05, 0) is 46.1 Å². The molecule has 0 aromatic heterocycles. The maximum atomic E-state index is 2.49. The van der Waals surface area contributed by atoms with E-state index in [2.05, 4.69) is 82.4 Å². The Morgan fingerprint density at radius 2 is 1.83 bits per heavy atom. The lowest BCUT2D eigenvalue weighted by atomic mass is 9.79. The Morgan fingerprint density at radius 3 is 2.61 bits per heavy atom. The number of benzene rings is 1. The van der Waals surface area contributed by atoms with E-state index in [1.807, 2.05) is 0 Å². The summed E-state index contributed by atoms with van der Waals surface area (Å²) in [5, 5.41) is 0. The summed E-state index contributed by atoms with van der Waals surface area (Å²) < 4.78 is 0. The van der Waals surface area contributed by atoms with Crippen molar-refractivity contribution >= 4 is 5.57 Å². The number of allylic oxidation sites excluding steroid dienone is 8. The van der Waals surface area contributed by atoms with Crippen molar-refractivity contribution in [1.82, 2.24) is 0 Å². The molecule has 3 atom stereocenters. The van der Waals surface area contributed by atoms with Crippen LogP contribution in [0.3, 0.4) is 0 Å². The topological polar surface area (TPSA) is 0 Å². The molecule has 0 heteroatoms. The van der Waals surface area contributed by atoms with Gasteiger partial charge in [0, 0.05) is 11.3 Å². The molecule has 3 aliphatic rings. The van der Waals surface area contributed by atoms with Crippen LogP contribution in [-0.2, 0) is 5.41 Å². The van der Waals surface area contributed by atoms with Crippen LogP contribution in [0.15, 0.2) is 60.2 Å². The minimum Gasteiger partial charge on any atom is -0.0808 e. The molecule has 0 N–H and O–H groups in total. The van der Waals surface area contributed by atoms with Crippen LogP contribution in [0.4, 0.5) is 0 Å². The quantitative estimate of drug-likeness (QED) is 0.581. The van der Waals surface area contributed by atoms with Gasteiger partial charge in [0.15, 0.2) is 0 Å². The molecule has 118 valence electrons. The predicted octanol–water partition coefficient (Wildman–Crippen LogP) is 6.17. The smallest absolute Gasteiger partial charge is 0.0155 e. The fourth-order valence-corrected chi connectivity index (χ4v) is 4.50. The summed E-state index contributed by atoms with van der Waals surface area (Å²) >= 11 is 0. The summed E-state index contributed by atoms with van der Waals surface area (Å²) in [5.74, 6) is 1.72. The first-order valence-corrected chi connectivity index (χ1v) is 8.91. The van der Waals surface area contributed by atoms with Crippen LogP contribution in [0, 0.1) is 11.8 Å². The molecule has 4 rings (SSSR count). The standard InChI is InChI=1S/C23H26/c1-15-9-11-21-19(13-15)20-14-17(10-12-22(20)23(21,3)4)18-8-6-5-7-16(18)2/h5-8,10-16,18H,9H2,1-4H3. The van der Waals surface area contributed by atoms with Crippen molar-refractivity contribution in [2.45, 2.75) is 45.4 Å². The third-order valence-corrected chi connectivity index (χ3v) is 5.91. The second kappa shape index (κ2) is 5.09. The molecule has 0 radical (unpaired) electrons. The lowest BCUT2D eigenvalue weighted by Gasteiger charge is -2.25. The maximum Gasteiger partial charge on any atom is 0.0155 e. The number of fused-ring (bicyclic) bond motifs is 3. The van der Waals surface area contributed by atoms with Crippen molar-refractivity contribution in [2.75, 3.05) is 0 Å². The predicted molar refractivity (Wildman–Crippen MR) is 99.5 cm³/mol. The molecular formula is C23H26. The molecule has 0 heterocycles. The van der Waals surface area contributed by atoms with Gasteiger partial charge in [0.05, 0.1) is 0 Å². The van der Waals surface area contributed by atoms with Gasteiger partial charge in [0.2, 0.25) is 0 Å². The van der Waals surface area contributed by atoms with Crippen molar-refractivity contribution in [1.29, 1.82) is 0 Å². The largest absolute Gasteiger partial charge is 0.0808 e. The molecule has 0 aliphatic heterocycles. The zero-order valence-electron chi connectivity index (χ0n) is 14.6. The lowest BCUT2D eigenvalue weighted by molar-refractivity contribution is 0.630. The van der Waals surface area contributed by atoms with Crippen LogP contribution in [0.25, 0.3) is 5.57 Å². The number of hydrogen-bond donors (Lipinski definition) is 0. The van der Waals surface area contributed by atoms with Gasteiger partial charge in [-0.15, -0.1) is 0 Å². The molecule has 0 bridgehead atoms. The molecule has 3 aliphatic carbocycles. The van der Waals surface area contributed by atoms with Crippen LogP contribution < -0.4 is 0 Å². The normalized spacial score (nSPS) is 30.5.